The van der Waals surface area contributed by atoms with Gasteiger partial charge in [0.2, 0.25) is 11.4 Å². The maximum atomic E-state index is 12.1. The Kier molecular flexibility index (Phi) is 10.7. The van der Waals surface area contributed by atoms with Crippen LogP contribution in [0.5, 0.6) is 5.88 Å². The normalized spacial score (nSPS) is 12.9. The Hall–Kier alpha value is -3.96. The molecule has 2 heterocycles. The number of rotatable bonds is 4. The summed E-state index contributed by atoms with van der Waals surface area (Å²) in [5.41, 5.74) is -18.0. The molecule has 0 fully saturated rings. The molecule has 0 aliphatic carbocycles. The summed E-state index contributed by atoms with van der Waals surface area (Å²) >= 11 is 0. The van der Waals surface area contributed by atoms with Gasteiger partial charge in [0.25, 0.3) is 0 Å². The van der Waals surface area contributed by atoms with Crippen LogP contribution in [0.25, 0.3) is 21.5 Å². The molecule has 4 aromatic rings. The Bertz CT molecular complexity index is 1970. The van der Waals surface area contributed by atoms with Crippen molar-refractivity contribution in [2.24, 2.45) is 0 Å². The summed E-state index contributed by atoms with van der Waals surface area (Å²) in [7, 11) is -19.4. The second kappa shape index (κ2) is 13.0. The molecule has 0 atom stereocenters. The summed E-state index contributed by atoms with van der Waals surface area (Å²) in [5, 5.41) is 3.23. The Labute approximate surface area is 240 Å². The molecule has 0 bridgehead atoms. The quantitative estimate of drug-likeness (QED) is 0.179. The fourth-order valence-corrected chi connectivity index (χ4v) is 4.54. The number of H-pyrrole nitrogens is 1. The third-order valence-electron chi connectivity index (χ3n) is 4.48. The number of halogens is 9. The molecule has 0 radical (unpaired) electrons. The molecule has 2 aromatic carbocycles. The van der Waals surface area contributed by atoms with Gasteiger partial charge in [0.05, 0.1) is 0 Å². The van der Waals surface area contributed by atoms with E-state index in [9.17, 15) is 69.6 Å². The molecular formula is C21H13F9N2O9S3. The van der Waals surface area contributed by atoms with E-state index in [1.54, 1.807) is 36.5 Å². The second-order valence-electron chi connectivity index (χ2n) is 7.65. The van der Waals surface area contributed by atoms with E-state index in [-0.39, 0.29) is 5.56 Å². The fraction of sp³-hybridized carbons (Fsp3) is 0.143. The first-order valence-electron chi connectivity index (χ1n) is 10.6. The largest absolute Gasteiger partial charge is 0.534 e. The minimum Gasteiger partial charge on any atom is -0.355 e. The maximum Gasteiger partial charge on any atom is 0.534 e. The van der Waals surface area contributed by atoms with Crippen molar-refractivity contribution < 1.29 is 72.6 Å². The van der Waals surface area contributed by atoms with Crippen molar-refractivity contribution in [3.63, 3.8) is 0 Å². The molecule has 242 valence electrons. The van der Waals surface area contributed by atoms with Gasteiger partial charge in [-0.1, -0.05) is 48.5 Å². The van der Waals surface area contributed by atoms with Gasteiger partial charge in [0.1, 0.15) is 0 Å². The summed E-state index contributed by atoms with van der Waals surface area (Å²) in [5.74, 6) is -0.619. The van der Waals surface area contributed by atoms with Crippen LogP contribution < -0.4 is 9.74 Å². The van der Waals surface area contributed by atoms with Crippen LogP contribution in [-0.2, 0) is 34.0 Å². The van der Waals surface area contributed by atoms with Gasteiger partial charge in [-0.05, 0) is 16.2 Å². The highest BCUT2D eigenvalue weighted by Crippen LogP contribution is 2.32. The smallest absolute Gasteiger partial charge is 0.355 e. The zero-order valence-corrected chi connectivity index (χ0v) is 23.1. The number of alkyl halides is 9. The van der Waals surface area contributed by atoms with Gasteiger partial charge >= 0.3 is 46.9 Å². The third kappa shape index (κ3) is 9.52. The molecule has 44 heavy (non-hydrogen) atoms. The molecule has 1 N–H and O–H groups in total. The Balaban J connectivity index is 0.000000237. The van der Waals surface area contributed by atoms with Crippen LogP contribution in [0.2, 0.25) is 0 Å². The molecule has 0 aliphatic heterocycles. The predicted molar refractivity (Wildman–Crippen MR) is 133 cm³/mol. The number of hydrogen-bond acceptors (Lipinski definition) is 10. The number of aromatic amines is 1. The van der Waals surface area contributed by atoms with Crippen molar-refractivity contribution in [1.82, 2.24) is 9.97 Å². The van der Waals surface area contributed by atoms with Crippen LogP contribution >= 0.6 is 0 Å². The first kappa shape index (κ1) is 36.2. The topological polar surface area (TPSA) is 167 Å². The SMILES string of the molecule is O=S(=O)(OS(=O)(=O)C(F)(F)F)C(F)(F)F.O=S(=O)(Oc1cc2ccccc2cn1)C(F)(F)F.O=c1cc2ccccc2c[nH]1. The van der Waals surface area contributed by atoms with E-state index < -0.39 is 52.8 Å². The van der Waals surface area contributed by atoms with Crippen molar-refractivity contribution in [3.05, 3.63) is 83.4 Å². The van der Waals surface area contributed by atoms with E-state index in [0.29, 0.717) is 10.8 Å². The van der Waals surface area contributed by atoms with E-state index in [1.807, 2.05) is 27.9 Å². The van der Waals surface area contributed by atoms with Crippen LogP contribution in [-0.4, -0.2) is 51.7 Å². The molecule has 0 saturated heterocycles. The summed E-state index contributed by atoms with van der Waals surface area (Å²) < 4.78 is 172. The molecule has 11 nitrogen and oxygen atoms in total. The predicted octanol–water partition coefficient (Wildman–Crippen LogP) is 4.69. The van der Waals surface area contributed by atoms with Crippen LogP contribution in [0.15, 0.2) is 77.9 Å². The minimum absolute atomic E-state index is 0.0521. The lowest BCUT2D eigenvalue weighted by Gasteiger charge is -2.09. The van der Waals surface area contributed by atoms with E-state index in [2.05, 4.69) is 14.2 Å². The van der Waals surface area contributed by atoms with Crippen molar-refractivity contribution in [2.75, 3.05) is 0 Å². The Morgan fingerprint density at radius 2 is 1.00 bits per heavy atom. The summed E-state index contributed by atoms with van der Waals surface area (Å²) in [6, 6.07) is 17.1. The van der Waals surface area contributed by atoms with Crippen molar-refractivity contribution >= 4 is 51.9 Å². The zero-order valence-electron chi connectivity index (χ0n) is 20.7. The van der Waals surface area contributed by atoms with Crippen LogP contribution in [0.4, 0.5) is 39.5 Å². The Morgan fingerprint density at radius 1 is 0.591 bits per heavy atom. The number of benzene rings is 2. The number of hydrogen-bond donors (Lipinski definition) is 1. The molecule has 23 heteroatoms. The van der Waals surface area contributed by atoms with Gasteiger partial charge in [-0.25, -0.2) is 4.98 Å². The molecule has 0 amide bonds. The first-order valence-corrected chi connectivity index (χ1v) is 14.9. The summed E-state index contributed by atoms with van der Waals surface area (Å²) in [6.07, 6.45) is 2.95. The first-order chi connectivity index (χ1) is 19.9. The second-order valence-corrected chi connectivity index (χ2v) is 12.5. The molecule has 0 aliphatic rings. The number of nitrogens with zero attached hydrogens (tertiary/aromatic N) is 1. The highest BCUT2D eigenvalue weighted by molar-refractivity contribution is 8.00. The minimum atomic E-state index is -6.85. The maximum absolute atomic E-state index is 12.1. The van der Waals surface area contributed by atoms with Crippen molar-refractivity contribution in [2.45, 2.75) is 16.5 Å². The zero-order chi connectivity index (χ0) is 33.8. The van der Waals surface area contributed by atoms with Gasteiger partial charge in [-0.15, -0.1) is 3.63 Å². The van der Waals surface area contributed by atoms with Gasteiger partial charge in [-0.3, -0.25) is 4.79 Å². The molecule has 2 aromatic heterocycles. The van der Waals surface area contributed by atoms with Crippen LogP contribution in [0, 0.1) is 0 Å². The molecule has 0 unspecified atom stereocenters. The lowest BCUT2D eigenvalue weighted by atomic mass is 10.2. The fourth-order valence-electron chi connectivity index (χ4n) is 2.57. The summed E-state index contributed by atoms with van der Waals surface area (Å²) in [4.78, 5) is 17.0. The number of fused-ring (bicyclic) bond motifs is 2. The third-order valence-corrected chi connectivity index (χ3v) is 8.01. The van der Waals surface area contributed by atoms with Gasteiger partial charge in [0.15, 0.2) is 0 Å². The average molecular weight is 705 g/mol. The molecule has 0 saturated carbocycles. The van der Waals surface area contributed by atoms with Gasteiger partial charge in [0, 0.05) is 29.9 Å². The number of nitrogens with one attached hydrogen (secondary N) is 1. The number of aromatic nitrogens is 2. The van der Waals surface area contributed by atoms with Crippen LogP contribution in [0.3, 0.4) is 0 Å². The lowest BCUT2D eigenvalue weighted by Crippen LogP contribution is -2.34. The van der Waals surface area contributed by atoms with E-state index in [4.69, 9.17) is 0 Å². The van der Waals surface area contributed by atoms with Crippen molar-refractivity contribution in [3.8, 4) is 5.88 Å². The molecule has 0 spiro atoms. The highest BCUT2D eigenvalue weighted by Gasteiger charge is 2.57. The molecular weight excluding hydrogens is 691 g/mol. The highest BCUT2D eigenvalue weighted by atomic mass is 32.3. The van der Waals surface area contributed by atoms with Gasteiger partial charge in [-0.2, -0.15) is 64.8 Å². The summed E-state index contributed by atoms with van der Waals surface area (Å²) in [6.45, 7) is 0. The number of pyridine rings is 2. The van der Waals surface area contributed by atoms with Crippen LogP contribution in [0.1, 0.15) is 0 Å². The monoisotopic (exact) mass is 704 g/mol. The average Bonchev–Trinajstić information content (AvgIpc) is 2.86. The standard InChI is InChI=1S/C10H6F3NO3S.C9H7NO.C2F6O5S2/c11-10(12,13)18(15,16)17-9-5-7-3-1-2-4-8(7)6-14-9;11-9-5-7-3-1-2-4-8(7)6-10-9;3-1(4,5)14(9,10)13-15(11,12)2(6,7)8/h1-6H;1-6H,(H,10,11);. The Morgan fingerprint density at radius 3 is 1.45 bits per heavy atom. The van der Waals surface area contributed by atoms with E-state index >= 15 is 0 Å². The van der Waals surface area contributed by atoms with E-state index in [1.165, 1.54) is 6.20 Å². The molecule has 4 rings (SSSR count). The van der Waals surface area contributed by atoms with Crippen molar-refractivity contribution in [1.29, 1.82) is 0 Å². The van der Waals surface area contributed by atoms with Gasteiger partial charge < -0.3 is 9.17 Å². The van der Waals surface area contributed by atoms with E-state index in [0.717, 1.165) is 16.8 Å². The lowest BCUT2D eigenvalue weighted by molar-refractivity contribution is -0.0586.